The minimum Gasteiger partial charge on any atom is -0.466 e. The molecule has 1 atom stereocenters. The smallest absolute Gasteiger partial charge is 0.310 e. The van der Waals surface area contributed by atoms with Crippen molar-refractivity contribution in [3.63, 3.8) is 0 Å². The van der Waals surface area contributed by atoms with Crippen LogP contribution in [0.1, 0.15) is 18.1 Å². The van der Waals surface area contributed by atoms with Crippen molar-refractivity contribution < 1.29 is 9.53 Å². The van der Waals surface area contributed by atoms with Crippen LogP contribution in [-0.2, 0) is 33.1 Å². The predicted octanol–water partition coefficient (Wildman–Crippen LogP) is 10.1. The summed E-state index contributed by atoms with van der Waals surface area (Å²) in [5, 5.41) is 6.67. The van der Waals surface area contributed by atoms with Crippen LogP contribution in [0.5, 0.6) is 0 Å². The number of carbonyl (C=O) groups excluding carboxylic acids is 1. The van der Waals surface area contributed by atoms with Gasteiger partial charge in [-0.25, -0.2) is 0 Å². The van der Waals surface area contributed by atoms with Gasteiger partial charge in [-0.05, 0) is 63.2 Å². The van der Waals surface area contributed by atoms with Crippen molar-refractivity contribution in [2.24, 2.45) is 0 Å². The summed E-state index contributed by atoms with van der Waals surface area (Å²) in [5.74, 6) is -0.231. The van der Waals surface area contributed by atoms with Crippen molar-refractivity contribution in [2.45, 2.75) is 6.92 Å². The molecular formula is C46H41O2P3S2. The van der Waals surface area contributed by atoms with Gasteiger partial charge in [0, 0.05) is 22.2 Å². The van der Waals surface area contributed by atoms with Gasteiger partial charge < -0.3 is 4.74 Å². The van der Waals surface area contributed by atoms with E-state index >= 15 is 0 Å². The third-order valence-corrected chi connectivity index (χ3v) is 27.6. The van der Waals surface area contributed by atoms with Crippen LogP contribution < -0.4 is 21.2 Å². The van der Waals surface area contributed by atoms with E-state index in [0.29, 0.717) is 0 Å². The van der Waals surface area contributed by atoms with Crippen LogP contribution in [-0.4, -0.2) is 30.4 Å². The number of hydrogen-bond acceptors (Lipinski definition) is 4. The van der Waals surface area contributed by atoms with E-state index in [1.807, 2.05) is 43.3 Å². The van der Waals surface area contributed by atoms with Gasteiger partial charge in [0.1, 0.15) is 0 Å². The van der Waals surface area contributed by atoms with E-state index in [2.05, 4.69) is 158 Å². The fourth-order valence-corrected chi connectivity index (χ4v) is 28.0. The van der Waals surface area contributed by atoms with Gasteiger partial charge in [0.2, 0.25) is 0 Å². The summed E-state index contributed by atoms with van der Waals surface area (Å²) in [6, 6.07) is 57.7. The monoisotopic (exact) mass is 782 g/mol. The molecule has 7 heteroatoms. The Morgan fingerprint density at radius 1 is 0.547 bits per heavy atom. The Hall–Kier alpha value is -4.13. The molecule has 0 aliphatic carbocycles. The molecule has 0 saturated carbocycles. The third-order valence-electron chi connectivity index (χ3n) is 9.70. The number of ether oxygens (including phenoxy) is 1. The van der Waals surface area contributed by atoms with Crippen molar-refractivity contribution in [3.8, 4) is 0 Å². The largest absolute Gasteiger partial charge is 0.466 e. The van der Waals surface area contributed by atoms with Crippen molar-refractivity contribution >= 4 is 85.9 Å². The molecule has 1 aliphatic rings. The molecule has 0 N–H and O–H groups in total. The molecule has 1 heterocycles. The highest BCUT2D eigenvalue weighted by atomic mass is 32.4. The van der Waals surface area contributed by atoms with E-state index < -0.39 is 19.0 Å². The molecular weight excluding hydrogens is 742 g/mol. The molecule has 0 bridgehead atoms. The van der Waals surface area contributed by atoms with E-state index in [9.17, 15) is 4.79 Å². The maximum Gasteiger partial charge on any atom is 0.310 e. The topological polar surface area (TPSA) is 26.3 Å². The Balaban J connectivity index is 1.79. The summed E-state index contributed by atoms with van der Waals surface area (Å²) in [5.41, 5.74) is 4.29. The second-order valence-electron chi connectivity index (χ2n) is 13.1. The molecule has 6 aromatic carbocycles. The maximum atomic E-state index is 14.4. The van der Waals surface area contributed by atoms with E-state index in [1.165, 1.54) is 0 Å². The summed E-state index contributed by atoms with van der Waals surface area (Å²) >= 11 is 14.7. The predicted molar refractivity (Wildman–Crippen MR) is 240 cm³/mol. The molecule has 1 unspecified atom stereocenters. The molecule has 0 saturated heterocycles. The number of rotatable bonds is 11. The van der Waals surface area contributed by atoms with E-state index in [0.717, 1.165) is 53.6 Å². The van der Waals surface area contributed by atoms with Crippen LogP contribution in [0, 0.1) is 0 Å². The standard InChI is InChI=1S/C46H41O2P3S2/c1-3-48-44(47)35-49(2)45(50(52,38-26-14-6-15-27-38)39-28-16-7-17-29-39)42(36-22-10-4-11-23-36)34-43(37-24-12-5-13-25-37)46(49)51(53,40-30-18-8-19-31-40)41-32-20-9-21-33-41/h4-34H,3,35H2,1-2H3. The molecule has 264 valence electrons. The van der Waals surface area contributed by atoms with Crippen molar-refractivity contribution in [1.29, 1.82) is 0 Å². The lowest BCUT2D eigenvalue weighted by Gasteiger charge is -2.44. The van der Waals surface area contributed by atoms with Crippen molar-refractivity contribution in [3.05, 3.63) is 204 Å². The van der Waals surface area contributed by atoms with Crippen LogP contribution in [0.25, 0.3) is 11.1 Å². The lowest BCUT2D eigenvalue weighted by Crippen LogP contribution is -2.29. The Bertz CT molecular complexity index is 2360. The molecule has 0 spiro atoms. The van der Waals surface area contributed by atoms with Crippen LogP contribution >= 0.6 is 19.0 Å². The number of carbonyl (C=O) groups is 1. The minimum atomic E-state index is -2.87. The van der Waals surface area contributed by atoms with Gasteiger partial charge in [-0.1, -0.05) is 212 Å². The summed E-state index contributed by atoms with van der Waals surface area (Å²) in [7, 11) is 0. The van der Waals surface area contributed by atoms with Gasteiger partial charge in [-0.3, -0.25) is 4.79 Å². The van der Waals surface area contributed by atoms with E-state index in [-0.39, 0.29) is 18.7 Å². The highest BCUT2D eigenvalue weighted by molar-refractivity contribution is 8.36. The molecule has 0 amide bonds. The van der Waals surface area contributed by atoms with Gasteiger partial charge in [0.25, 0.3) is 0 Å². The van der Waals surface area contributed by atoms with Crippen LogP contribution in [0.2, 0.25) is 0 Å². The SMILES string of the molecule is CCOC(=O)CP1(C)=C(P(=S)(c2ccccc2)c2ccccc2)C(c2ccccc2)=CC(c2ccccc2)=C1P(=S)(c1ccccc1)c1ccccc1. The number of hydrogen-bond donors (Lipinski definition) is 0. The number of esters is 1. The van der Waals surface area contributed by atoms with Gasteiger partial charge in [0.15, 0.2) is 0 Å². The molecule has 0 fully saturated rings. The maximum absolute atomic E-state index is 14.4. The fourth-order valence-electron chi connectivity index (χ4n) is 7.48. The molecule has 7 rings (SSSR count). The van der Waals surface area contributed by atoms with E-state index in [4.69, 9.17) is 28.4 Å². The summed E-state index contributed by atoms with van der Waals surface area (Å²) in [6.45, 7) is 1.63. The average molecular weight is 783 g/mol. The zero-order valence-electron chi connectivity index (χ0n) is 29.8. The van der Waals surface area contributed by atoms with Crippen molar-refractivity contribution in [1.82, 2.24) is 0 Å². The summed E-state index contributed by atoms with van der Waals surface area (Å²) < 4.78 is 5.93. The van der Waals surface area contributed by atoms with Gasteiger partial charge in [-0.15, -0.1) is 0 Å². The lowest BCUT2D eigenvalue weighted by molar-refractivity contribution is -0.139. The van der Waals surface area contributed by atoms with Crippen LogP contribution in [0.4, 0.5) is 0 Å². The molecule has 0 radical (unpaired) electrons. The normalized spacial score (nSPS) is 16.2. The first-order chi connectivity index (χ1) is 25.8. The zero-order chi connectivity index (χ0) is 36.9. The zero-order valence-corrected chi connectivity index (χ0v) is 34.1. The van der Waals surface area contributed by atoms with Gasteiger partial charge in [0.05, 0.1) is 12.8 Å². The highest BCUT2D eigenvalue weighted by Gasteiger charge is 2.46. The summed E-state index contributed by atoms with van der Waals surface area (Å²) in [6.07, 6.45) is 2.55. The lowest BCUT2D eigenvalue weighted by atomic mass is 10.0. The third kappa shape index (κ3) is 7.01. The first kappa shape index (κ1) is 37.2. The first-order valence-corrected chi connectivity index (χ1v) is 25.7. The van der Waals surface area contributed by atoms with Crippen LogP contribution in [0.15, 0.2) is 193 Å². The Labute approximate surface area is 324 Å². The second-order valence-corrected chi connectivity index (χ2v) is 26.0. The Kier molecular flexibility index (Phi) is 11.3. The molecule has 6 aromatic rings. The highest BCUT2D eigenvalue weighted by Crippen LogP contribution is 2.78. The van der Waals surface area contributed by atoms with Crippen LogP contribution in [0.3, 0.4) is 0 Å². The molecule has 53 heavy (non-hydrogen) atoms. The van der Waals surface area contributed by atoms with Gasteiger partial charge in [-0.2, -0.15) is 0 Å². The minimum absolute atomic E-state index is 0.183. The molecule has 0 aromatic heterocycles. The molecule has 2 nitrogen and oxygen atoms in total. The fraction of sp³-hybridized carbons (Fsp3) is 0.0870. The van der Waals surface area contributed by atoms with Gasteiger partial charge >= 0.3 is 5.97 Å². The Morgan fingerprint density at radius 2 is 0.906 bits per heavy atom. The quantitative estimate of drug-likeness (QED) is 0.0966. The van der Waals surface area contributed by atoms with E-state index in [1.54, 1.807) is 0 Å². The first-order valence-electron chi connectivity index (χ1n) is 17.7. The summed E-state index contributed by atoms with van der Waals surface area (Å²) in [4.78, 5) is 14.4. The number of allylic oxidation sites excluding steroid dienone is 3. The Morgan fingerprint density at radius 3 is 1.30 bits per heavy atom. The molecule has 1 aliphatic heterocycles. The average Bonchev–Trinajstić information content (AvgIpc) is 3.22. The number of benzene rings is 6. The second kappa shape index (κ2) is 16.1. The van der Waals surface area contributed by atoms with Crippen molar-refractivity contribution in [2.75, 3.05) is 19.4 Å².